The summed E-state index contributed by atoms with van der Waals surface area (Å²) in [6.45, 7) is 3.88. The third-order valence-electron chi connectivity index (χ3n) is 3.88. The smallest absolute Gasteiger partial charge is 0.367 e. The molecular formula is C20H34F2O2. The second-order valence-corrected chi connectivity index (χ2v) is 6.13. The van der Waals surface area contributed by atoms with Gasteiger partial charge in [-0.25, -0.2) is 9.18 Å². The zero-order valence-electron chi connectivity index (χ0n) is 15.4. The molecule has 0 spiro atoms. The van der Waals surface area contributed by atoms with Crippen LogP contribution in [0.5, 0.6) is 0 Å². The Hall–Kier alpha value is -1.19. The molecule has 0 aliphatic rings. The van der Waals surface area contributed by atoms with E-state index in [2.05, 4.69) is 11.7 Å². The lowest BCUT2D eigenvalue weighted by molar-refractivity contribution is -0.140. The summed E-state index contributed by atoms with van der Waals surface area (Å²) >= 11 is 0. The highest BCUT2D eigenvalue weighted by Crippen LogP contribution is 2.13. The van der Waals surface area contributed by atoms with Gasteiger partial charge in [0.1, 0.15) is 5.83 Å². The zero-order valence-corrected chi connectivity index (χ0v) is 15.4. The third-order valence-corrected chi connectivity index (χ3v) is 3.88. The molecule has 0 amide bonds. The number of allylic oxidation sites excluding steroid dienone is 3. The summed E-state index contributed by atoms with van der Waals surface area (Å²) in [6, 6.07) is 0. The van der Waals surface area contributed by atoms with Crippen LogP contribution in [-0.2, 0) is 9.53 Å². The highest BCUT2D eigenvalue weighted by Gasteiger charge is 2.09. The van der Waals surface area contributed by atoms with Crippen molar-refractivity contribution in [1.29, 1.82) is 0 Å². The summed E-state index contributed by atoms with van der Waals surface area (Å²) in [5, 5.41) is 0. The van der Waals surface area contributed by atoms with Crippen LogP contribution in [0.15, 0.2) is 23.8 Å². The number of rotatable bonds is 15. The Morgan fingerprint density at radius 1 is 0.833 bits per heavy atom. The first kappa shape index (κ1) is 22.8. The number of esters is 1. The molecule has 0 saturated heterocycles. The van der Waals surface area contributed by atoms with Crippen LogP contribution in [0.2, 0.25) is 0 Å². The van der Waals surface area contributed by atoms with Gasteiger partial charge in [0, 0.05) is 6.08 Å². The van der Waals surface area contributed by atoms with Gasteiger partial charge in [0.2, 0.25) is 5.83 Å². The van der Waals surface area contributed by atoms with Gasteiger partial charge < -0.3 is 4.74 Å². The molecule has 0 aliphatic carbocycles. The molecule has 0 aromatic carbocycles. The number of ether oxygens (including phenoxy) is 1. The van der Waals surface area contributed by atoms with Gasteiger partial charge in [-0.1, -0.05) is 71.1 Å². The first-order valence-electron chi connectivity index (χ1n) is 9.51. The molecule has 0 saturated carbocycles. The van der Waals surface area contributed by atoms with E-state index in [0.29, 0.717) is 12.5 Å². The van der Waals surface area contributed by atoms with Gasteiger partial charge in [0.25, 0.3) is 0 Å². The molecule has 0 unspecified atom stereocenters. The van der Waals surface area contributed by atoms with Crippen LogP contribution in [0, 0.1) is 0 Å². The summed E-state index contributed by atoms with van der Waals surface area (Å²) in [5.41, 5.74) is 0. The highest BCUT2D eigenvalue weighted by molar-refractivity contribution is 5.86. The summed E-state index contributed by atoms with van der Waals surface area (Å²) in [4.78, 5) is 11.0. The number of carbonyl (C=O) groups is 1. The van der Waals surface area contributed by atoms with Crippen molar-refractivity contribution in [1.82, 2.24) is 0 Å². The van der Waals surface area contributed by atoms with Crippen molar-refractivity contribution < 1.29 is 18.3 Å². The van der Waals surface area contributed by atoms with Crippen molar-refractivity contribution >= 4 is 5.97 Å². The Kier molecular flexibility index (Phi) is 15.8. The van der Waals surface area contributed by atoms with Crippen molar-refractivity contribution in [2.75, 3.05) is 6.61 Å². The first-order chi connectivity index (χ1) is 11.6. The van der Waals surface area contributed by atoms with E-state index in [0.717, 1.165) is 19.3 Å². The molecule has 0 heterocycles. The fourth-order valence-corrected chi connectivity index (χ4v) is 2.49. The number of hydrogen-bond acceptors (Lipinski definition) is 2. The SMILES string of the molecule is CCCCCCCCCCCCC/C=C(F)\C=C(/F)C(=O)OCC. The fourth-order valence-electron chi connectivity index (χ4n) is 2.49. The molecular weight excluding hydrogens is 310 g/mol. The van der Waals surface area contributed by atoms with E-state index in [4.69, 9.17) is 0 Å². The van der Waals surface area contributed by atoms with Gasteiger partial charge in [0.05, 0.1) is 6.61 Å². The van der Waals surface area contributed by atoms with Crippen LogP contribution >= 0.6 is 0 Å². The van der Waals surface area contributed by atoms with Crippen LogP contribution in [0.4, 0.5) is 8.78 Å². The van der Waals surface area contributed by atoms with E-state index in [1.54, 1.807) is 6.92 Å². The van der Waals surface area contributed by atoms with Crippen LogP contribution in [0.1, 0.15) is 90.9 Å². The van der Waals surface area contributed by atoms with Gasteiger partial charge in [-0.15, -0.1) is 0 Å². The minimum Gasteiger partial charge on any atom is -0.461 e. The van der Waals surface area contributed by atoms with E-state index in [1.807, 2.05) is 0 Å². The second kappa shape index (κ2) is 16.7. The molecule has 0 aromatic rings. The fraction of sp³-hybridized carbons (Fsp3) is 0.750. The number of carbonyl (C=O) groups excluding carboxylic acids is 1. The zero-order chi connectivity index (χ0) is 18.0. The van der Waals surface area contributed by atoms with Crippen LogP contribution in [0.25, 0.3) is 0 Å². The number of halogens is 2. The topological polar surface area (TPSA) is 26.3 Å². The van der Waals surface area contributed by atoms with Crippen LogP contribution < -0.4 is 0 Å². The van der Waals surface area contributed by atoms with Gasteiger partial charge in [-0.05, 0) is 25.8 Å². The third kappa shape index (κ3) is 14.4. The maximum atomic E-state index is 13.4. The van der Waals surface area contributed by atoms with Crippen molar-refractivity contribution in [3.05, 3.63) is 23.8 Å². The molecule has 0 N–H and O–H groups in total. The van der Waals surface area contributed by atoms with E-state index in [9.17, 15) is 13.6 Å². The van der Waals surface area contributed by atoms with E-state index >= 15 is 0 Å². The maximum Gasteiger partial charge on any atom is 0.367 e. The Labute approximate surface area is 146 Å². The number of unbranched alkanes of at least 4 members (excludes halogenated alkanes) is 11. The second-order valence-electron chi connectivity index (χ2n) is 6.13. The molecule has 0 aliphatic heterocycles. The first-order valence-corrected chi connectivity index (χ1v) is 9.51. The minimum atomic E-state index is -1.19. The van der Waals surface area contributed by atoms with Crippen molar-refractivity contribution in [3.8, 4) is 0 Å². The molecule has 0 bridgehead atoms. The molecule has 0 rings (SSSR count). The molecule has 0 aromatic heterocycles. The highest BCUT2D eigenvalue weighted by atomic mass is 19.1. The molecule has 0 radical (unpaired) electrons. The normalized spacial score (nSPS) is 12.5. The lowest BCUT2D eigenvalue weighted by Crippen LogP contribution is -2.04. The van der Waals surface area contributed by atoms with Gasteiger partial charge in [0.15, 0.2) is 0 Å². The van der Waals surface area contributed by atoms with E-state index in [-0.39, 0.29) is 6.61 Å². The van der Waals surface area contributed by atoms with Crippen LogP contribution in [0.3, 0.4) is 0 Å². The van der Waals surface area contributed by atoms with Gasteiger partial charge in [-0.3, -0.25) is 0 Å². The minimum absolute atomic E-state index is 0.0736. The molecule has 0 atom stereocenters. The predicted molar refractivity (Wildman–Crippen MR) is 96.1 cm³/mol. The van der Waals surface area contributed by atoms with Crippen molar-refractivity contribution in [2.24, 2.45) is 0 Å². The summed E-state index contributed by atoms with van der Waals surface area (Å²) in [6.07, 6.45) is 16.1. The predicted octanol–water partition coefficient (Wildman–Crippen LogP) is 6.96. The van der Waals surface area contributed by atoms with Gasteiger partial charge in [-0.2, -0.15) is 4.39 Å². The lowest BCUT2D eigenvalue weighted by Gasteiger charge is -2.01. The monoisotopic (exact) mass is 344 g/mol. The Balaban J connectivity index is 3.57. The summed E-state index contributed by atoms with van der Waals surface area (Å²) < 4.78 is 31.0. The molecule has 0 fully saturated rings. The molecule has 2 nitrogen and oxygen atoms in total. The molecule has 140 valence electrons. The van der Waals surface area contributed by atoms with Crippen molar-refractivity contribution in [3.63, 3.8) is 0 Å². The van der Waals surface area contributed by atoms with Gasteiger partial charge >= 0.3 is 5.97 Å². The Morgan fingerprint density at radius 3 is 1.83 bits per heavy atom. The summed E-state index contributed by atoms with van der Waals surface area (Å²) in [7, 11) is 0. The molecule has 24 heavy (non-hydrogen) atoms. The van der Waals surface area contributed by atoms with Crippen LogP contribution in [-0.4, -0.2) is 12.6 Å². The maximum absolute atomic E-state index is 13.4. The number of hydrogen-bond donors (Lipinski definition) is 0. The Morgan fingerprint density at radius 2 is 1.33 bits per heavy atom. The quantitative estimate of drug-likeness (QED) is 0.139. The molecule has 4 heteroatoms. The largest absolute Gasteiger partial charge is 0.461 e. The Bertz CT molecular complexity index is 376. The van der Waals surface area contributed by atoms with Crippen molar-refractivity contribution in [2.45, 2.75) is 90.9 Å². The standard InChI is InChI=1S/C20H34F2O2/c1-3-5-6-7-8-9-10-11-12-13-14-15-16-18(21)17-19(22)20(23)24-4-2/h16-17H,3-15H2,1-2H3/b18-16+,19-17-. The lowest BCUT2D eigenvalue weighted by atomic mass is 10.1. The van der Waals surface area contributed by atoms with E-state index < -0.39 is 17.6 Å². The summed E-state index contributed by atoms with van der Waals surface area (Å²) in [5.74, 6) is -3.02. The average molecular weight is 344 g/mol. The van der Waals surface area contributed by atoms with E-state index in [1.165, 1.54) is 57.4 Å². The average Bonchev–Trinajstić information content (AvgIpc) is 2.56.